The molecule has 2 heterocycles. The maximum atomic E-state index is 6.39. The molecule has 0 amide bonds. The van der Waals surface area contributed by atoms with Gasteiger partial charge in [-0.05, 0) is 159 Å². The van der Waals surface area contributed by atoms with Gasteiger partial charge in [-0.25, -0.2) is 0 Å². The lowest BCUT2D eigenvalue weighted by atomic mass is 9.88. The zero-order chi connectivity index (χ0) is 41.9. The van der Waals surface area contributed by atoms with Gasteiger partial charge in [0, 0.05) is 21.5 Å². The van der Waals surface area contributed by atoms with E-state index in [0.717, 1.165) is 55.0 Å². The highest BCUT2D eigenvalue weighted by Gasteiger charge is 2.16. The molecule has 0 saturated heterocycles. The zero-order valence-electron chi connectivity index (χ0n) is 34.6. The van der Waals surface area contributed by atoms with E-state index in [-0.39, 0.29) is 0 Å². The number of para-hydroxylation sites is 1. The number of hydrogen-bond donors (Lipinski definition) is 0. The van der Waals surface area contributed by atoms with E-state index in [4.69, 9.17) is 8.83 Å². The lowest BCUT2D eigenvalue weighted by Gasteiger charge is -2.15. The molecule has 0 unspecified atom stereocenters. The minimum Gasteiger partial charge on any atom is -0.456 e. The minimum absolute atomic E-state index is 0.867. The van der Waals surface area contributed by atoms with Crippen LogP contribution in [0.3, 0.4) is 0 Å². The summed E-state index contributed by atoms with van der Waals surface area (Å²) in [5.74, 6) is 0. The van der Waals surface area contributed by atoms with Gasteiger partial charge in [-0.3, -0.25) is 0 Å². The fourth-order valence-corrected chi connectivity index (χ4v) is 10.5. The molecule has 0 aliphatic rings. The summed E-state index contributed by atoms with van der Waals surface area (Å²) in [6.07, 6.45) is 0. The summed E-state index contributed by atoms with van der Waals surface area (Å²) >= 11 is 0. The molecule has 2 aromatic heterocycles. The number of fused-ring (bicyclic) bond motifs is 15. The van der Waals surface area contributed by atoms with Crippen LogP contribution >= 0.6 is 0 Å². The molecule has 64 heavy (non-hydrogen) atoms. The van der Waals surface area contributed by atoms with E-state index in [1.807, 2.05) is 18.2 Å². The first kappa shape index (κ1) is 35.2. The molecule has 2 nitrogen and oxygen atoms in total. The highest BCUT2D eigenvalue weighted by molar-refractivity contribution is 6.27. The average molecular weight is 813 g/mol. The summed E-state index contributed by atoms with van der Waals surface area (Å²) in [6, 6.07) is 79.6. The number of hydrogen-bond acceptors (Lipinski definition) is 2. The number of furan rings is 2. The van der Waals surface area contributed by atoms with Crippen molar-refractivity contribution >= 4 is 97.7 Å². The molecule has 14 rings (SSSR count). The topological polar surface area (TPSA) is 26.3 Å². The Bertz CT molecular complexity index is 4240. The summed E-state index contributed by atoms with van der Waals surface area (Å²) < 4.78 is 12.6. The molecule has 0 saturated carbocycles. The molecule has 0 bridgehead atoms. The Labute approximate surface area is 367 Å². The highest BCUT2D eigenvalue weighted by Crippen LogP contribution is 2.43. The van der Waals surface area contributed by atoms with E-state index in [1.54, 1.807) is 0 Å². The van der Waals surface area contributed by atoms with Gasteiger partial charge in [-0.1, -0.05) is 158 Å². The third-order valence-corrected chi connectivity index (χ3v) is 13.6. The van der Waals surface area contributed by atoms with Gasteiger partial charge in [0.1, 0.15) is 22.3 Å². The van der Waals surface area contributed by atoms with Crippen LogP contribution in [0.25, 0.3) is 142 Å². The monoisotopic (exact) mass is 812 g/mol. The fraction of sp³-hybridized carbons (Fsp3) is 0. The Kier molecular flexibility index (Phi) is 7.43. The second-order valence-electron chi connectivity index (χ2n) is 17.2. The van der Waals surface area contributed by atoms with Crippen molar-refractivity contribution in [1.82, 2.24) is 0 Å². The van der Waals surface area contributed by atoms with Gasteiger partial charge < -0.3 is 8.83 Å². The van der Waals surface area contributed by atoms with Gasteiger partial charge in [0.25, 0.3) is 0 Å². The molecule has 2 heteroatoms. The Hall–Kier alpha value is -8.46. The minimum atomic E-state index is 0.867. The van der Waals surface area contributed by atoms with E-state index in [9.17, 15) is 0 Å². The SMILES string of the molecule is c1cc(-c2cccc(-c3ccc4c5ccc(-c6cc7ccccc7c7ccccc67)cc5c5ccccc5c4c3)c2)cc(-c2ccc3oc4cc5c(cc4c3c2)oc2ccccc25)c1. The van der Waals surface area contributed by atoms with Gasteiger partial charge in [0.05, 0.1) is 0 Å². The van der Waals surface area contributed by atoms with Gasteiger partial charge >= 0.3 is 0 Å². The smallest absolute Gasteiger partial charge is 0.136 e. The van der Waals surface area contributed by atoms with Crippen molar-refractivity contribution in [2.45, 2.75) is 0 Å². The van der Waals surface area contributed by atoms with Gasteiger partial charge in [-0.2, -0.15) is 0 Å². The third-order valence-electron chi connectivity index (χ3n) is 13.6. The van der Waals surface area contributed by atoms with Crippen molar-refractivity contribution < 1.29 is 8.83 Å². The van der Waals surface area contributed by atoms with Crippen LogP contribution in [-0.2, 0) is 0 Å². The first-order chi connectivity index (χ1) is 31.7. The van der Waals surface area contributed by atoms with Gasteiger partial charge in [0.15, 0.2) is 0 Å². The van der Waals surface area contributed by atoms with Crippen molar-refractivity contribution in [3.63, 3.8) is 0 Å². The van der Waals surface area contributed by atoms with Crippen LogP contribution in [0, 0.1) is 0 Å². The fourth-order valence-electron chi connectivity index (χ4n) is 10.5. The summed E-state index contributed by atoms with van der Waals surface area (Å²) in [4.78, 5) is 0. The predicted molar refractivity (Wildman–Crippen MR) is 270 cm³/mol. The first-order valence-electron chi connectivity index (χ1n) is 22.0. The Morgan fingerprint density at radius 3 is 1.23 bits per heavy atom. The van der Waals surface area contributed by atoms with Crippen LogP contribution in [0.4, 0.5) is 0 Å². The molecule has 0 N–H and O–H groups in total. The second-order valence-corrected chi connectivity index (χ2v) is 17.2. The van der Waals surface area contributed by atoms with E-state index < -0.39 is 0 Å². The maximum absolute atomic E-state index is 6.39. The number of benzene rings is 12. The Morgan fingerprint density at radius 2 is 0.594 bits per heavy atom. The molecule has 12 aromatic carbocycles. The van der Waals surface area contributed by atoms with Gasteiger partial charge in [-0.15, -0.1) is 0 Å². The first-order valence-corrected chi connectivity index (χ1v) is 22.0. The molecule has 296 valence electrons. The molecule has 14 aromatic rings. The summed E-state index contributed by atoms with van der Waals surface area (Å²) in [6.45, 7) is 0. The molecule has 0 spiro atoms. The lowest BCUT2D eigenvalue weighted by Crippen LogP contribution is -1.88. The molecule has 0 aliphatic heterocycles. The molecular weight excluding hydrogens is 777 g/mol. The van der Waals surface area contributed by atoms with E-state index >= 15 is 0 Å². The van der Waals surface area contributed by atoms with Gasteiger partial charge in [0.2, 0.25) is 0 Å². The van der Waals surface area contributed by atoms with Crippen molar-refractivity contribution in [3.05, 3.63) is 218 Å². The van der Waals surface area contributed by atoms with Crippen LogP contribution in [0.1, 0.15) is 0 Å². The summed E-state index contributed by atoms with van der Waals surface area (Å²) in [5.41, 5.74) is 13.0. The highest BCUT2D eigenvalue weighted by atomic mass is 16.3. The van der Waals surface area contributed by atoms with Crippen LogP contribution < -0.4 is 0 Å². The Balaban J connectivity index is 0.843. The predicted octanol–water partition coefficient (Wildman–Crippen LogP) is 17.9. The molecular formula is C62H36O2. The maximum Gasteiger partial charge on any atom is 0.136 e. The van der Waals surface area contributed by atoms with Crippen molar-refractivity contribution in [1.29, 1.82) is 0 Å². The average Bonchev–Trinajstić information content (AvgIpc) is 3.92. The second kappa shape index (κ2) is 13.5. The lowest BCUT2D eigenvalue weighted by molar-refractivity contribution is 0.664. The van der Waals surface area contributed by atoms with Crippen molar-refractivity contribution in [3.8, 4) is 44.5 Å². The van der Waals surface area contributed by atoms with E-state index in [1.165, 1.54) is 87.2 Å². The largest absolute Gasteiger partial charge is 0.456 e. The molecule has 0 atom stereocenters. The van der Waals surface area contributed by atoms with Crippen LogP contribution in [-0.4, -0.2) is 0 Å². The standard InChI is InChI=1S/C62H36O2/c1-2-16-45-43(11-1)33-53(47-18-4-3-17-46(45)47)44-24-27-51-50-26-23-41(31-54(50)48-19-5-6-20-49(48)55(51)34-44)39-14-9-12-37(29-39)38-13-10-15-40(30-38)42-25-28-60-56(32-42)58-36-61-57(35-62(58)64-60)52-21-7-8-22-59(52)63-61/h1-36H. The van der Waals surface area contributed by atoms with Crippen molar-refractivity contribution in [2.75, 3.05) is 0 Å². The van der Waals surface area contributed by atoms with E-state index in [2.05, 4.69) is 200 Å². The summed E-state index contributed by atoms with van der Waals surface area (Å²) in [7, 11) is 0. The quantitative estimate of drug-likeness (QED) is 0.166. The van der Waals surface area contributed by atoms with Crippen molar-refractivity contribution in [2.24, 2.45) is 0 Å². The van der Waals surface area contributed by atoms with E-state index in [0.29, 0.717) is 0 Å². The zero-order valence-corrected chi connectivity index (χ0v) is 34.6. The van der Waals surface area contributed by atoms with Crippen LogP contribution in [0.15, 0.2) is 227 Å². The van der Waals surface area contributed by atoms with Crippen LogP contribution in [0.5, 0.6) is 0 Å². The molecule has 0 fully saturated rings. The number of rotatable bonds is 4. The normalized spacial score (nSPS) is 12.1. The Morgan fingerprint density at radius 1 is 0.188 bits per heavy atom. The molecule has 0 aliphatic carbocycles. The third kappa shape index (κ3) is 5.33. The van der Waals surface area contributed by atoms with Crippen LogP contribution in [0.2, 0.25) is 0 Å². The molecule has 0 radical (unpaired) electrons. The summed E-state index contributed by atoms with van der Waals surface area (Å²) in [5, 5.41) is 17.0.